The van der Waals surface area contributed by atoms with Gasteiger partial charge in [-0.15, -0.1) is 0 Å². The molecule has 3 nitrogen and oxygen atoms in total. The van der Waals surface area contributed by atoms with E-state index in [1.807, 2.05) is 18.2 Å². The van der Waals surface area contributed by atoms with Gasteiger partial charge in [-0.25, -0.2) is 0 Å². The number of carbonyl (C=O) groups excluding carboxylic acids is 1. The van der Waals surface area contributed by atoms with Gasteiger partial charge in [-0.05, 0) is 53.3 Å². The second-order valence-electron chi connectivity index (χ2n) is 6.82. The average Bonchev–Trinajstić information content (AvgIpc) is 3.03. The van der Waals surface area contributed by atoms with E-state index in [1.54, 1.807) is 0 Å². The Labute approximate surface area is 154 Å². The molecule has 0 saturated carbocycles. The molecule has 0 heterocycles. The molecule has 0 unspecified atom stereocenters. The van der Waals surface area contributed by atoms with Gasteiger partial charge < -0.3 is 10.6 Å². The lowest BCUT2D eigenvalue weighted by Crippen LogP contribution is -2.29. The van der Waals surface area contributed by atoms with Gasteiger partial charge in [0, 0.05) is 12.2 Å². The molecule has 0 spiro atoms. The molecular formula is C23H22N2O. The first-order valence-corrected chi connectivity index (χ1v) is 8.96. The Morgan fingerprint density at radius 2 is 1.69 bits per heavy atom. The molecule has 26 heavy (non-hydrogen) atoms. The zero-order valence-electron chi connectivity index (χ0n) is 14.9. The summed E-state index contributed by atoms with van der Waals surface area (Å²) in [5.74, 6) is -0.00522. The minimum absolute atomic E-state index is 0.00522. The van der Waals surface area contributed by atoms with E-state index in [4.69, 9.17) is 0 Å². The van der Waals surface area contributed by atoms with Crippen molar-refractivity contribution in [3.63, 3.8) is 0 Å². The van der Waals surface area contributed by atoms with E-state index < -0.39 is 0 Å². The molecule has 0 bridgehead atoms. The summed E-state index contributed by atoms with van der Waals surface area (Å²) in [5.41, 5.74) is 8.63. The van der Waals surface area contributed by atoms with Gasteiger partial charge in [0.2, 0.25) is 5.91 Å². The Bertz CT molecular complexity index is 945. The summed E-state index contributed by atoms with van der Waals surface area (Å²) in [6.07, 6.45) is 0.959. The molecule has 1 aliphatic rings. The molecule has 3 heteroatoms. The summed E-state index contributed by atoms with van der Waals surface area (Å²) >= 11 is 0. The van der Waals surface area contributed by atoms with Gasteiger partial charge in [0.15, 0.2) is 0 Å². The summed E-state index contributed by atoms with van der Waals surface area (Å²) in [7, 11) is 0. The normalized spacial score (nSPS) is 11.6. The van der Waals surface area contributed by atoms with Crippen LogP contribution in [0.25, 0.3) is 11.1 Å². The van der Waals surface area contributed by atoms with Gasteiger partial charge >= 0.3 is 0 Å². The Kier molecular flexibility index (Phi) is 4.44. The third-order valence-corrected chi connectivity index (χ3v) is 4.86. The fourth-order valence-electron chi connectivity index (χ4n) is 3.41. The number of carbonyl (C=O) groups is 1. The first kappa shape index (κ1) is 16.4. The van der Waals surface area contributed by atoms with Crippen molar-refractivity contribution < 1.29 is 4.79 Å². The van der Waals surface area contributed by atoms with Crippen LogP contribution in [0.4, 0.5) is 5.69 Å². The van der Waals surface area contributed by atoms with Crippen LogP contribution in [-0.2, 0) is 17.8 Å². The van der Waals surface area contributed by atoms with E-state index in [0.717, 1.165) is 17.7 Å². The van der Waals surface area contributed by atoms with Crippen LogP contribution < -0.4 is 10.6 Å². The van der Waals surface area contributed by atoms with Crippen molar-refractivity contribution in [2.24, 2.45) is 0 Å². The van der Waals surface area contributed by atoms with Crippen LogP contribution in [0.3, 0.4) is 0 Å². The van der Waals surface area contributed by atoms with Crippen LogP contribution in [0.1, 0.15) is 22.3 Å². The predicted molar refractivity (Wildman–Crippen MR) is 106 cm³/mol. The number of nitrogens with one attached hydrogen (secondary N) is 2. The topological polar surface area (TPSA) is 41.1 Å². The van der Waals surface area contributed by atoms with Gasteiger partial charge in [-0.3, -0.25) is 4.79 Å². The first-order chi connectivity index (χ1) is 12.7. The van der Waals surface area contributed by atoms with Crippen molar-refractivity contribution in [3.05, 3.63) is 89.0 Å². The maximum atomic E-state index is 12.1. The Morgan fingerprint density at radius 3 is 2.54 bits per heavy atom. The van der Waals surface area contributed by atoms with Crippen molar-refractivity contribution in [2.45, 2.75) is 19.9 Å². The zero-order valence-corrected chi connectivity index (χ0v) is 14.9. The van der Waals surface area contributed by atoms with Crippen LogP contribution in [0.15, 0.2) is 66.7 Å². The van der Waals surface area contributed by atoms with Crippen LogP contribution in [-0.4, -0.2) is 12.5 Å². The number of hydrogen-bond acceptors (Lipinski definition) is 2. The molecule has 0 saturated heterocycles. The molecule has 0 radical (unpaired) electrons. The molecule has 130 valence electrons. The molecular weight excluding hydrogens is 320 g/mol. The van der Waals surface area contributed by atoms with Gasteiger partial charge in [0.1, 0.15) is 0 Å². The number of hydrogen-bond donors (Lipinski definition) is 2. The fourth-order valence-corrected chi connectivity index (χ4v) is 3.41. The van der Waals surface area contributed by atoms with Crippen molar-refractivity contribution in [1.29, 1.82) is 0 Å². The first-order valence-electron chi connectivity index (χ1n) is 8.96. The molecule has 0 fully saturated rings. The van der Waals surface area contributed by atoms with Crippen molar-refractivity contribution >= 4 is 11.6 Å². The summed E-state index contributed by atoms with van der Waals surface area (Å²) < 4.78 is 0. The van der Waals surface area contributed by atoms with Crippen LogP contribution in [0, 0.1) is 6.92 Å². The SMILES string of the molecule is Cc1ccc(CNC(=O)CNc2ccc3c(c2)Cc2ccccc2-3)cc1. The molecule has 1 aliphatic carbocycles. The smallest absolute Gasteiger partial charge is 0.239 e. The molecule has 2 N–H and O–H groups in total. The minimum Gasteiger partial charge on any atom is -0.376 e. The Hall–Kier alpha value is -3.07. The highest BCUT2D eigenvalue weighted by atomic mass is 16.1. The van der Waals surface area contributed by atoms with Crippen molar-refractivity contribution in [3.8, 4) is 11.1 Å². The van der Waals surface area contributed by atoms with E-state index in [0.29, 0.717) is 6.54 Å². The lowest BCUT2D eigenvalue weighted by molar-refractivity contribution is -0.119. The highest BCUT2D eigenvalue weighted by Gasteiger charge is 2.17. The van der Waals surface area contributed by atoms with Crippen LogP contribution in [0.2, 0.25) is 0 Å². The van der Waals surface area contributed by atoms with Crippen LogP contribution in [0.5, 0.6) is 0 Å². The highest BCUT2D eigenvalue weighted by molar-refractivity contribution is 5.82. The van der Waals surface area contributed by atoms with Crippen molar-refractivity contribution in [1.82, 2.24) is 5.32 Å². The van der Waals surface area contributed by atoms with Crippen LogP contribution >= 0.6 is 0 Å². The summed E-state index contributed by atoms with van der Waals surface area (Å²) in [4.78, 5) is 12.1. The molecule has 4 rings (SSSR count). The minimum atomic E-state index is -0.00522. The number of anilines is 1. The maximum Gasteiger partial charge on any atom is 0.239 e. The van der Waals surface area contributed by atoms with E-state index in [9.17, 15) is 4.79 Å². The molecule has 3 aromatic carbocycles. The Balaban J connectivity index is 1.33. The maximum absolute atomic E-state index is 12.1. The molecule has 0 atom stereocenters. The summed E-state index contributed by atoms with van der Waals surface area (Å²) in [6, 6.07) is 23.1. The number of amides is 1. The monoisotopic (exact) mass is 342 g/mol. The third-order valence-electron chi connectivity index (χ3n) is 4.86. The summed E-state index contributed by atoms with van der Waals surface area (Å²) in [6.45, 7) is 2.89. The molecule has 0 aliphatic heterocycles. The van der Waals surface area contributed by atoms with Crippen molar-refractivity contribution in [2.75, 3.05) is 11.9 Å². The number of benzene rings is 3. The van der Waals surface area contributed by atoms with Gasteiger partial charge in [-0.2, -0.15) is 0 Å². The fraction of sp³-hybridized carbons (Fsp3) is 0.174. The standard InChI is InChI=1S/C23H22N2O/c1-16-6-8-17(9-7-16)14-25-23(26)15-24-20-10-11-22-19(13-20)12-18-4-2-3-5-21(18)22/h2-11,13,24H,12,14-15H2,1H3,(H,25,26). The lowest BCUT2D eigenvalue weighted by Gasteiger charge is -2.10. The quantitative estimate of drug-likeness (QED) is 0.568. The number of fused-ring (bicyclic) bond motifs is 3. The lowest BCUT2D eigenvalue weighted by atomic mass is 10.1. The van der Waals surface area contributed by atoms with E-state index in [1.165, 1.54) is 27.8 Å². The van der Waals surface area contributed by atoms with Gasteiger partial charge in [0.25, 0.3) is 0 Å². The van der Waals surface area contributed by atoms with E-state index in [2.05, 4.69) is 66.1 Å². The second-order valence-corrected chi connectivity index (χ2v) is 6.82. The van der Waals surface area contributed by atoms with Gasteiger partial charge in [-0.1, -0.05) is 60.2 Å². The number of aryl methyl sites for hydroxylation is 1. The van der Waals surface area contributed by atoms with E-state index >= 15 is 0 Å². The average molecular weight is 342 g/mol. The van der Waals surface area contributed by atoms with Gasteiger partial charge in [0.05, 0.1) is 6.54 Å². The second kappa shape index (κ2) is 7.04. The predicted octanol–water partition coefficient (Wildman–Crippen LogP) is 4.29. The zero-order chi connectivity index (χ0) is 17.9. The highest BCUT2D eigenvalue weighted by Crippen LogP contribution is 2.37. The number of rotatable bonds is 5. The van der Waals surface area contributed by atoms with E-state index in [-0.39, 0.29) is 12.5 Å². The molecule has 0 aromatic heterocycles. The molecule has 3 aromatic rings. The summed E-state index contributed by atoms with van der Waals surface area (Å²) in [5, 5.41) is 6.19. The Morgan fingerprint density at radius 1 is 0.923 bits per heavy atom. The largest absolute Gasteiger partial charge is 0.376 e. The third kappa shape index (κ3) is 3.47. The molecule has 1 amide bonds.